The Hall–Kier alpha value is -3.15. The monoisotopic (exact) mass is 382 g/mol. The fourth-order valence-electron chi connectivity index (χ4n) is 2.85. The molecule has 2 aromatic carbocycles. The molecule has 0 aliphatic heterocycles. The Kier molecular flexibility index (Phi) is 6.09. The standard InChI is InChI=1S/C22H22F2N3O/c1-2-14-3-10-21(28-13-16-12-17(23)6-9-19(16)24)20(11-14)27-18-7-4-15(5-8-18)22(25)26/h4-12,27H,2-3,13H2,1H3,(H3,25,26). The smallest absolute Gasteiger partial charge is 0.130 e. The summed E-state index contributed by atoms with van der Waals surface area (Å²) in [5.41, 5.74) is 9.07. The highest BCUT2D eigenvalue weighted by molar-refractivity contribution is 5.95. The van der Waals surface area contributed by atoms with Crippen molar-refractivity contribution in [1.82, 2.24) is 0 Å². The summed E-state index contributed by atoms with van der Waals surface area (Å²) >= 11 is 0. The lowest BCUT2D eigenvalue weighted by Gasteiger charge is -2.21. The van der Waals surface area contributed by atoms with E-state index in [1.165, 1.54) is 5.57 Å². The zero-order valence-electron chi connectivity index (χ0n) is 15.6. The quantitative estimate of drug-likeness (QED) is 0.464. The maximum Gasteiger partial charge on any atom is 0.130 e. The molecule has 145 valence electrons. The summed E-state index contributed by atoms with van der Waals surface area (Å²) in [6.07, 6.45) is 5.58. The molecule has 2 aromatic rings. The van der Waals surface area contributed by atoms with E-state index in [0.29, 0.717) is 11.3 Å². The number of anilines is 1. The molecular formula is C22H22F2N3O. The molecule has 1 radical (unpaired) electrons. The van der Waals surface area contributed by atoms with E-state index in [2.05, 4.69) is 12.2 Å². The van der Waals surface area contributed by atoms with Gasteiger partial charge >= 0.3 is 0 Å². The first-order chi connectivity index (χ1) is 13.5. The molecule has 0 spiro atoms. The number of amidine groups is 1. The summed E-state index contributed by atoms with van der Waals surface area (Å²) in [5, 5.41) is 10.8. The van der Waals surface area contributed by atoms with Crippen LogP contribution in [0.1, 0.15) is 30.9 Å². The molecule has 3 rings (SSSR count). The Balaban J connectivity index is 1.81. The van der Waals surface area contributed by atoms with Gasteiger partial charge in [0.1, 0.15) is 29.8 Å². The molecule has 0 saturated carbocycles. The van der Waals surface area contributed by atoms with E-state index < -0.39 is 11.6 Å². The Morgan fingerprint density at radius 2 is 1.93 bits per heavy atom. The zero-order chi connectivity index (χ0) is 20.1. The summed E-state index contributed by atoms with van der Waals surface area (Å²) < 4.78 is 33.0. The second-order valence-corrected chi connectivity index (χ2v) is 6.48. The van der Waals surface area contributed by atoms with Crippen LogP contribution in [0.4, 0.5) is 14.5 Å². The Bertz CT molecular complexity index is 933. The number of nitrogens with one attached hydrogen (secondary N) is 2. The van der Waals surface area contributed by atoms with E-state index in [1.807, 2.05) is 24.6 Å². The zero-order valence-corrected chi connectivity index (χ0v) is 15.6. The Morgan fingerprint density at radius 1 is 1.18 bits per heavy atom. The molecule has 0 aromatic heterocycles. The van der Waals surface area contributed by atoms with Crippen LogP contribution in [-0.2, 0) is 11.3 Å². The van der Waals surface area contributed by atoms with Crippen molar-refractivity contribution in [1.29, 1.82) is 5.41 Å². The highest BCUT2D eigenvalue weighted by Gasteiger charge is 2.16. The molecule has 0 atom stereocenters. The van der Waals surface area contributed by atoms with E-state index in [0.717, 1.165) is 42.4 Å². The van der Waals surface area contributed by atoms with Crippen LogP contribution in [0, 0.1) is 23.5 Å². The molecule has 0 saturated heterocycles. The summed E-state index contributed by atoms with van der Waals surface area (Å²) in [4.78, 5) is 0. The van der Waals surface area contributed by atoms with Crippen molar-refractivity contribution in [2.24, 2.45) is 5.73 Å². The highest BCUT2D eigenvalue weighted by Crippen LogP contribution is 2.28. The molecule has 0 heterocycles. The van der Waals surface area contributed by atoms with Crippen molar-refractivity contribution >= 4 is 11.5 Å². The predicted molar refractivity (Wildman–Crippen MR) is 107 cm³/mol. The summed E-state index contributed by atoms with van der Waals surface area (Å²) in [7, 11) is 0. The van der Waals surface area contributed by atoms with Crippen LogP contribution in [0.2, 0.25) is 0 Å². The van der Waals surface area contributed by atoms with E-state index in [4.69, 9.17) is 15.9 Å². The molecule has 0 amide bonds. The van der Waals surface area contributed by atoms with Crippen LogP contribution in [0.3, 0.4) is 0 Å². The van der Waals surface area contributed by atoms with Crippen molar-refractivity contribution in [2.75, 3.05) is 5.32 Å². The number of hydrogen-bond acceptors (Lipinski definition) is 3. The van der Waals surface area contributed by atoms with E-state index >= 15 is 0 Å². The van der Waals surface area contributed by atoms with Crippen molar-refractivity contribution in [3.63, 3.8) is 0 Å². The second kappa shape index (κ2) is 8.69. The lowest BCUT2D eigenvalue weighted by Crippen LogP contribution is -2.12. The largest absolute Gasteiger partial charge is 0.491 e. The van der Waals surface area contributed by atoms with Gasteiger partial charge in [-0.2, -0.15) is 0 Å². The number of benzene rings is 2. The first-order valence-corrected chi connectivity index (χ1v) is 9.01. The van der Waals surface area contributed by atoms with Gasteiger partial charge < -0.3 is 15.8 Å². The second-order valence-electron chi connectivity index (χ2n) is 6.48. The Morgan fingerprint density at radius 3 is 2.61 bits per heavy atom. The van der Waals surface area contributed by atoms with Gasteiger partial charge in [-0.15, -0.1) is 0 Å². The predicted octanol–water partition coefficient (Wildman–Crippen LogP) is 5.03. The first-order valence-electron chi connectivity index (χ1n) is 9.01. The maximum absolute atomic E-state index is 13.9. The minimum atomic E-state index is -0.503. The minimum absolute atomic E-state index is 0.00562. The average molecular weight is 382 g/mol. The van der Waals surface area contributed by atoms with Crippen LogP contribution < -0.4 is 11.1 Å². The molecule has 4 N–H and O–H groups in total. The van der Waals surface area contributed by atoms with Crippen LogP contribution in [0.25, 0.3) is 0 Å². The fourth-order valence-corrected chi connectivity index (χ4v) is 2.85. The molecule has 0 unspecified atom stereocenters. The van der Waals surface area contributed by atoms with Crippen molar-refractivity contribution < 1.29 is 13.5 Å². The Labute approximate surface area is 163 Å². The van der Waals surface area contributed by atoms with Gasteiger partial charge in [0.2, 0.25) is 0 Å². The van der Waals surface area contributed by atoms with E-state index in [9.17, 15) is 8.78 Å². The maximum atomic E-state index is 13.9. The lowest BCUT2D eigenvalue weighted by molar-refractivity contribution is 0.197. The summed E-state index contributed by atoms with van der Waals surface area (Å²) in [5.74, 6) is -0.418. The molecule has 0 bridgehead atoms. The number of hydrogen-bond donors (Lipinski definition) is 3. The van der Waals surface area contributed by atoms with Gasteiger partial charge in [0.15, 0.2) is 0 Å². The normalized spacial score (nSPS) is 13.9. The molecule has 6 heteroatoms. The van der Waals surface area contributed by atoms with Crippen molar-refractivity contribution in [3.05, 3.63) is 94.8 Å². The number of nitrogens with two attached hydrogens (primary N) is 1. The van der Waals surface area contributed by atoms with Gasteiger partial charge in [-0.25, -0.2) is 8.78 Å². The summed E-state index contributed by atoms with van der Waals surface area (Å²) in [6, 6.07) is 10.5. The van der Waals surface area contributed by atoms with Gasteiger partial charge in [0, 0.05) is 23.2 Å². The van der Waals surface area contributed by atoms with Gasteiger partial charge in [0.25, 0.3) is 0 Å². The minimum Gasteiger partial charge on any atom is -0.491 e. The number of rotatable bonds is 7. The topological polar surface area (TPSA) is 71.1 Å². The van der Waals surface area contributed by atoms with Gasteiger partial charge in [-0.05, 0) is 61.4 Å². The third-order valence-corrected chi connectivity index (χ3v) is 4.48. The summed E-state index contributed by atoms with van der Waals surface area (Å²) in [6.45, 7) is 2.01. The van der Waals surface area contributed by atoms with Gasteiger partial charge in [-0.3, -0.25) is 5.41 Å². The molecule has 1 aliphatic carbocycles. The third-order valence-electron chi connectivity index (χ3n) is 4.48. The lowest BCUT2D eigenvalue weighted by atomic mass is 9.99. The fraction of sp³-hybridized carbons (Fsp3) is 0.182. The third kappa shape index (κ3) is 4.76. The van der Waals surface area contributed by atoms with Crippen LogP contribution in [0.5, 0.6) is 0 Å². The number of nitrogen functional groups attached to an aromatic ring is 1. The molecule has 0 fully saturated rings. The molecular weight excluding hydrogens is 360 g/mol. The van der Waals surface area contributed by atoms with Crippen LogP contribution >= 0.6 is 0 Å². The first kappa shape index (κ1) is 19.6. The van der Waals surface area contributed by atoms with Crippen molar-refractivity contribution in [2.45, 2.75) is 26.4 Å². The number of halogens is 2. The van der Waals surface area contributed by atoms with Gasteiger partial charge in [0.05, 0.1) is 5.70 Å². The highest BCUT2D eigenvalue weighted by atomic mass is 19.1. The molecule has 4 nitrogen and oxygen atoms in total. The van der Waals surface area contributed by atoms with E-state index in [1.54, 1.807) is 12.1 Å². The number of allylic oxidation sites excluding steroid dienone is 3. The van der Waals surface area contributed by atoms with Crippen LogP contribution in [0.15, 0.2) is 65.6 Å². The van der Waals surface area contributed by atoms with Gasteiger partial charge in [-0.1, -0.05) is 12.5 Å². The molecule has 28 heavy (non-hydrogen) atoms. The number of ether oxygens (including phenoxy) is 1. The SMILES string of the molecule is CCC1=CC(Nc2ccc(C(=N)N)cc2)=C(OCc2cc(F)ccc2F)[CH]C1. The van der Waals surface area contributed by atoms with Crippen molar-refractivity contribution in [3.8, 4) is 0 Å². The average Bonchev–Trinajstić information content (AvgIpc) is 2.69. The van der Waals surface area contributed by atoms with E-state index in [-0.39, 0.29) is 18.0 Å². The van der Waals surface area contributed by atoms with Crippen LogP contribution in [-0.4, -0.2) is 5.84 Å². The molecule has 1 aliphatic rings.